The van der Waals surface area contributed by atoms with E-state index in [4.69, 9.17) is 0 Å². The molecule has 0 saturated heterocycles. The number of benzene rings is 2. The maximum Gasteiger partial charge on any atom is 0.278 e. The smallest absolute Gasteiger partial charge is 0.278 e. The fourth-order valence-electron chi connectivity index (χ4n) is 6.16. The maximum atomic E-state index is 15.1. The van der Waals surface area contributed by atoms with E-state index in [1.165, 1.54) is 28.7 Å². The number of halogens is 2. The first-order valence-corrected chi connectivity index (χ1v) is 12.6. The van der Waals surface area contributed by atoms with Crippen molar-refractivity contribution >= 4 is 17.7 Å². The van der Waals surface area contributed by atoms with Crippen LogP contribution in [0.15, 0.2) is 58.4 Å². The van der Waals surface area contributed by atoms with Gasteiger partial charge >= 0.3 is 0 Å². The molecule has 3 heterocycles. The number of aromatic nitrogens is 1. The molecule has 1 atom stereocenters. The molecule has 3 aliphatic carbocycles. The van der Waals surface area contributed by atoms with Crippen LogP contribution in [0.3, 0.4) is 0 Å². The van der Waals surface area contributed by atoms with E-state index in [-0.39, 0.29) is 35.1 Å². The number of nitrogens with zero attached hydrogens (tertiary/aromatic N) is 3. The molecular formula is C26H21F2N3O3S. The van der Waals surface area contributed by atoms with E-state index in [0.717, 1.165) is 35.8 Å². The van der Waals surface area contributed by atoms with Crippen molar-refractivity contribution in [2.24, 2.45) is 5.92 Å². The zero-order valence-corrected chi connectivity index (χ0v) is 19.4. The van der Waals surface area contributed by atoms with Gasteiger partial charge in [-0.1, -0.05) is 24.3 Å². The van der Waals surface area contributed by atoms with Gasteiger partial charge in [0.2, 0.25) is 5.43 Å². The van der Waals surface area contributed by atoms with E-state index in [0.29, 0.717) is 11.5 Å². The van der Waals surface area contributed by atoms with Crippen LogP contribution in [0.1, 0.15) is 52.5 Å². The fraction of sp³-hybridized carbons (Fsp3) is 0.308. The average molecular weight is 494 g/mol. The highest BCUT2D eigenvalue weighted by atomic mass is 32.2. The molecule has 3 aromatic rings. The monoisotopic (exact) mass is 493 g/mol. The second-order valence-corrected chi connectivity index (χ2v) is 10.9. The molecule has 2 bridgehead atoms. The lowest BCUT2D eigenvalue weighted by molar-refractivity contribution is -0.128. The maximum absolute atomic E-state index is 15.1. The molecular weight excluding hydrogens is 472 g/mol. The summed E-state index contributed by atoms with van der Waals surface area (Å²) in [5.41, 5.74) is 0.758. The van der Waals surface area contributed by atoms with Gasteiger partial charge in [-0.25, -0.2) is 8.78 Å². The first-order chi connectivity index (χ1) is 16.9. The zero-order valence-electron chi connectivity index (χ0n) is 18.6. The second-order valence-electron chi connectivity index (χ2n) is 9.90. The quantitative estimate of drug-likeness (QED) is 0.582. The number of pyridine rings is 1. The standard InChI is InChI=1S/C26H21F2N3O3S/c27-18-6-5-15-17(21(18)28)12-35-20-4-2-1-3-16(20)22(15)31-13-29(26-9-14(10-26)11-26)25(34)23-24(33)19(32)7-8-30(23)31/h1-8,14,22,33H,9-13H2/t14?,22-,26?/m0/s1. The normalized spacial score (nSPS) is 26.2. The number of hydrogen-bond donors (Lipinski definition) is 1. The first-order valence-electron chi connectivity index (χ1n) is 11.6. The summed E-state index contributed by atoms with van der Waals surface area (Å²) >= 11 is 1.44. The molecule has 2 aliphatic heterocycles. The third kappa shape index (κ3) is 2.75. The molecule has 35 heavy (non-hydrogen) atoms. The van der Waals surface area contributed by atoms with Gasteiger partial charge in [-0.2, -0.15) is 0 Å². The summed E-state index contributed by atoms with van der Waals surface area (Å²) in [5.74, 6) is -1.88. The Bertz CT molecular complexity index is 1470. The molecule has 178 valence electrons. The van der Waals surface area contributed by atoms with Gasteiger partial charge in [0.15, 0.2) is 23.1 Å². The molecule has 1 N–H and O–H groups in total. The molecule has 8 rings (SSSR count). The van der Waals surface area contributed by atoms with Gasteiger partial charge in [-0.15, -0.1) is 11.8 Å². The van der Waals surface area contributed by atoms with Crippen molar-refractivity contribution in [1.82, 2.24) is 9.58 Å². The number of carbonyl (C=O) groups is 1. The largest absolute Gasteiger partial charge is 0.502 e. The van der Waals surface area contributed by atoms with Crippen LogP contribution in [0.25, 0.3) is 0 Å². The van der Waals surface area contributed by atoms with Gasteiger partial charge in [0, 0.05) is 34.0 Å². The summed E-state index contributed by atoms with van der Waals surface area (Å²) in [4.78, 5) is 28.7. The van der Waals surface area contributed by atoms with Crippen LogP contribution < -0.4 is 10.4 Å². The third-order valence-electron chi connectivity index (χ3n) is 8.05. The Morgan fingerprint density at radius 1 is 1.00 bits per heavy atom. The molecule has 1 aromatic heterocycles. The van der Waals surface area contributed by atoms with Gasteiger partial charge in [0.1, 0.15) is 6.67 Å². The Morgan fingerprint density at radius 3 is 2.51 bits per heavy atom. The number of rotatable bonds is 2. The summed E-state index contributed by atoms with van der Waals surface area (Å²) in [7, 11) is 0. The molecule has 1 amide bonds. The van der Waals surface area contributed by atoms with E-state index in [1.807, 2.05) is 29.3 Å². The number of fused-ring (bicyclic) bond motifs is 3. The molecule has 0 spiro atoms. The van der Waals surface area contributed by atoms with Crippen molar-refractivity contribution in [3.8, 4) is 5.75 Å². The molecule has 5 aliphatic rings. The molecule has 9 heteroatoms. The van der Waals surface area contributed by atoms with Gasteiger partial charge in [0.25, 0.3) is 5.91 Å². The lowest BCUT2D eigenvalue weighted by atomic mass is 9.49. The van der Waals surface area contributed by atoms with Crippen molar-refractivity contribution in [3.63, 3.8) is 0 Å². The first kappa shape index (κ1) is 21.0. The Kier molecular flexibility index (Phi) is 4.26. The lowest BCUT2D eigenvalue weighted by Crippen LogP contribution is -2.73. The zero-order chi connectivity index (χ0) is 24.1. The van der Waals surface area contributed by atoms with E-state index in [1.54, 1.807) is 11.0 Å². The summed E-state index contributed by atoms with van der Waals surface area (Å²) < 4.78 is 30.9. The predicted molar refractivity (Wildman–Crippen MR) is 126 cm³/mol. The number of hydrogen-bond acceptors (Lipinski definition) is 5. The van der Waals surface area contributed by atoms with Gasteiger partial charge < -0.3 is 10.0 Å². The molecule has 3 saturated carbocycles. The summed E-state index contributed by atoms with van der Waals surface area (Å²) in [6.07, 6.45) is 4.18. The Labute approximate surface area is 203 Å². The second kappa shape index (κ2) is 7.10. The Hall–Kier alpha value is -3.33. The van der Waals surface area contributed by atoms with Crippen molar-refractivity contribution in [2.75, 3.05) is 11.7 Å². The Morgan fingerprint density at radius 2 is 1.77 bits per heavy atom. The Balaban J connectivity index is 1.48. The summed E-state index contributed by atoms with van der Waals surface area (Å²) in [6.45, 7) is 0.197. The van der Waals surface area contributed by atoms with Crippen LogP contribution in [-0.2, 0) is 5.75 Å². The van der Waals surface area contributed by atoms with Crippen LogP contribution >= 0.6 is 11.8 Å². The highest BCUT2D eigenvalue weighted by molar-refractivity contribution is 7.98. The highest BCUT2D eigenvalue weighted by Crippen LogP contribution is 2.61. The van der Waals surface area contributed by atoms with E-state index in [9.17, 15) is 19.1 Å². The number of amides is 1. The van der Waals surface area contributed by atoms with E-state index in [2.05, 4.69) is 0 Å². The lowest BCUT2D eigenvalue weighted by Gasteiger charge is -2.67. The number of carbonyl (C=O) groups excluding carboxylic acids is 1. The van der Waals surface area contributed by atoms with Gasteiger partial charge in [0.05, 0.1) is 6.04 Å². The van der Waals surface area contributed by atoms with Crippen LogP contribution in [0, 0.1) is 17.6 Å². The SMILES string of the molecule is O=C1c2c(O)c(=O)ccn2N([C@@H]2c3ccccc3SCc3c2ccc(F)c3F)CN1C12CC(C1)C2. The fourth-order valence-corrected chi connectivity index (χ4v) is 7.27. The van der Waals surface area contributed by atoms with Crippen LogP contribution in [0.4, 0.5) is 8.78 Å². The molecule has 3 fully saturated rings. The van der Waals surface area contributed by atoms with Gasteiger partial charge in [-0.3, -0.25) is 19.3 Å². The average Bonchev–Trinajstić information content (AvgIpc) is 2.95. The van der Waals surface area contributed by atoms with Gasteiger partial charge in [-0.05, 0) is 48.4 Å². The van der Waals surface area contributed by atoms with Crippen molar-refractivity contribution in [3.05, 3.63) is 92.9 Å². The minimum Gasteiger partial charge on any atom is -0.502 e. The van der Waals surface area contributed by atoms with Crippen LogP contribution in [-0.4, -0.2) is 32.8 Å². The molecule has 0 unspecified atom stereocenters. The van der Waals surface area contributed by atoms with Crippen molar-refractivity contribution in [2.45, 2.75) is 41.5 Å². The van der Waals surface area contributed by atoms with Crippen LogP contribution in [0.5, 0.6) is 5.75 Å². The predicted octanol–water partition coefficient (Wildman–Crippen LogP) is 4.13. The van der Waals surface area contributed by atoms with Crippen molar-refractivity contribution < 1.29 is 18.7 Å². The number of aromatic hydroxyl groups is 1. The third-order valence-corrected chi connectivity index (χ3v) is 9.17. The van der Waals surface area contributed by atoms with E-state index >= 15 is 4.39 Å². The van der Waals surface area contributed by atoms with Crippen molar-refractivity contribution in [1.29, 1.82) is 0 Å². The summed E-state index contributed by atoms with van der Waals surface area (Å²) in [6, 6.07) is 11.1. The van der Waals surface area contributed by atoms with Crippen LogP contribution in [0.2, 0.25) is 0 Å². The summed E-state index contributed by atoms with van der Waals surface area (Å²) in [5, 5.41) is 12.6. The molecule has 2 aromatic carbocycles. The highest BCUT2D eigenvalue weighted by Gasteiger charge is 2.62. The molecule has 6 nitrogen and oxygen atoms in total. The minimum atomic E-state index is -0.903. The minimum absolute atomic E-state index is 0.0908. The molecule has 0 radical (unpaired) electrons. The topological polar surface area (TPSA) is 65.8 Å². The van der Waals surface area contributed by atoms with E-state index < -0.39 is 28.9 Å². The number of thioether (sulfide) groups is 1.